The van der Waals surface area contributed by atoms with Gasteiger partial charge in [-0.2, -0.15) is 0 Å². The van der Waals surface area contributed by atoms with E-state index in [0.717, 1.165) is 38.0 Å². The topological polar surface area (TPSA) is 69.7 Å². The van der Waals surface area contributed by atoms with Crippen LogP contribution in [0.15, 0.2) is 24.3 Å². The number of likely N-dealkylation sites (N-methyl/N-ethyl adjacent to an activating group) is 1. The number of nitrogens with one attached hydrogen (secondary N) is 1. The minimum Gasteiger partial charge on any atom is -0.354 e. The third-order valence-corrected chi connectivity index (χ3v) is 5.73. The number of piperazine rings is 1. The average molecular weight is 388 g/mol. The molecule has 0 aliphatic carbocycles. The maximum absolute atomic E-state index is 12.0. The van der Waals surface area contributed by atoms with Crippen molar-refractivity contribution in [2.75, 3.05) is 51.8 Å². The monoisotopic (exact) mass is 387 g/mol. The van der Waals surface area contributed by atoms with Crippen LogP contribution in [0.25, 0.3) is 0 Å². The number of hydrogen-bond donors (Lipinski definition) is 1. The maximum atomic E-state index is 12.0. The van der Waals surface area contributed by atoms with Gasteiger partial charge in [0.05, 0.1) is 11.8 Å². The molecule has 1 fully saturated rings. The van der Waals surface area contributed by atoms with Crippen LogP contribution in [0, 0.1) is 0 Å². The molecule has 140 valence electrons. The van der Waals surface area contributed by atoms with Gasteiger partial charge in [-0.1, -0.05) is 29.8 Å². The van der Waals surface area contributed by atoms with Gasteiger partial charge in [0.1, 0.15) is 9.84 Å². The normalized spacial score (nSPS) is 18.0. The van der Waals surface area contributed by atoms with Gasteiger partial charge in [0.2, 0.25) is 5.91 Å². The molecule has 1 aliphatic heterocycles. The highest BCUT2D eigenvalue weighted by Gasteiger charge is 2.25. The van der Waals surface area contributed by atoms with Crippen LogP contribution in [0.5, 0.6) is 0 Å². The summed E-state index contributed by atoms with van der Waals surface area (Å²) in [4.78, 5) is 16.6. The summed E-state index contributed by atoms with van der Waals surface area (Å²) >= 11 is 6.37. The summed E-state index contributed by atoms with van der Waals surface area (Å²) < 4.78 is 22.4. The van der Waals surface area contributed by atoms with Crippen molar-refractivity contribution in [1.82, 2.24) is 15.1 Å². The lowest BCUT2D eigenvalue weighted by atomic mass is 10.0. The molecule has 1 atom stereocenters. The summed E-state index contributed by atoms with van der Waals surface area (Å²) in [7, 11) is -1.05. The van der Waals surface area contributed by atoms with Crippen LogP contribution in [0.3, 0.4) is 0 Å². The molecular weight excluding hydrogens is 362 g/mol. The summed E-state index contributed by atoms with van der Waals surface area (Å²) in [6.45, 7) is 4.12. The summed E-state index contributed by atoms with van der Waals surface area (Å²) in [5.74, 6) is -0.388. The highest BCUT2D eigenvalue weighted by molar-refractivity contribution is 7.90. The molecule has 0 bridgehead atoms. The molecule has 6 nitrogen and oxygen atoms in total. The van der Waals surface area contributed by atoms with Crippen molar-refractivity contribution in [3.05, 3.63) is 34.9 Å². The van der Waals surface area contributed by atoms with Crippen molar-refractivity contribution in [2.24, 2.45) is 0 Å². The standard InChI is InChI=1S/C17H26ClN3O3S/c1-20-8-10-21(11-9-20)16(14-5-3-4-6-15(14)18)13-19-17(22)7-12-25(2,23)24/h3-6,16H,7-13H2,1-2H3,(H,19,22). The number of halogens is 1. The van der Waals surface area contributed by atoms with E-state index >= 15 is 0 Å². The highest BCUT2D eigenvalue weighted by Crippen LogP contribution is 2.27. The van der Waals surface area contributed by atoms with Gasteiger partial charge in [-0.15, -0.1) is 0 Å². The van der Waals surface area contributed by atoms with E-state index in [4.69, 9.17) is 11.6 Å². The molecule has 1 N–H and O–H groups in total. The molecule has 1 amide bonds. The fourth-order valence-corrected chi connectivity index (χ4v) is 3.71. The van der Waals surface area contributed by atoms with Crippen molar-refractivity contribution >= 4 is 27.3 Å². The van der Waals surface area contributed by atoms with Crippen LogP contribution in [0.2, 0.25) is 5.02 Å². The second kappa shape index (κ2) is 8.98. The highest BCUT2D eigenvalue weighted by atomic mass is 35.5. The van der Waals surface area contributed by atoms with Crippen molar-refractivity contribution in [3.63, 3.8) is 0 Å². The van der Waals surface area contributed by atoms with E-state index in [9.17, 15) is 13.2 Å². The Bertz CT molecular complexity index is 688. The van der Waals surface area contributed by atoms with Gasteiger partial charge in [0.15, 0.2) is 0 Å². The molecule has 8 heteroatoms. The smallest absolute Gasteiger partial charge is 0.221 e. The Morgan fingerprint density at radius 3 is 2.48 bits per heavy atom. The van der Waals surface area contributed by atoms with E-state index in [2.05, 4.69) is 22.2 Å². The predicted molar refractivity (Wildman–Crippen MR) is 101 cm³/mol. The van der Waals surface area contributed by atoms with E-state index in [-0.39, 0.29) is 24.1 Å². The number of hydrogen-bond acceptors (Lipinski definition) is 5. The van der Waals surface area contributed by atoms with Crippen LogP contribution >= 0.6 is 11.6 Å². The second-order valence-electron chi connectivity index (χ2n) is 6.56. The number of sulfone groups is 1. The van der Waals surface area contributed by atoms with Gasteiger partial charge in [0.25, 0.3) is 0 Å². The van der Waals surface area contributed by atoms with Crippen molar-refractivity contribution in [3.8, 4) is 0 Å². The molecule has 0 saturated carbocycles. The molecule has 0 aromatic heterocycles. The van der Waals surface area contributed by atoms with Crippen LogP contribution in [0.4, 0.5) is 0 Å². The lowest BCUT2D eigenvalue weighted by Gasteiger charge is -2.38. The Balaban J connectivity index is 2.05. The van der Waals surface area contributed by atoms with Crippen LogP contribution in [-0.4, -0.2) is 75.9 Å². The van der Waals surface area contributed by atoms with Gasteiger partial charge in [-0.3, -0.25) is 9.69 Å². The molecule has 1 aromatic rings. The van der Waals surface area contributed by atoms with Crippen LogP contribution < -0.4 is 5.32 Å². The zero-order valence-corrected chi connectivity index (χ0v) is 16.3. The van der Waals surface area contributed by atoms with E-state index in [1.165, 1.54) is 0 Å². The minimum absolute atomic E-state index is 0.0171. The molecule has 1 saturated heterocycles. The maximum Gasteiger partial charge on any atom is 0.221 e. The Labute approximate surface area is 155 Å². The number of rotatable bonds is 7. The molecule has 25 heavy (non-hydrogen) atoms. The zero-order chi connectivity index (χ0) is 18.4. The molecule has 1 unspecified atom stereocenters. The van der Waals surface area contributed by atoms with E-state index < -0.39 is 9.84 Å². The molecule has 1 heterocycles. The molecule has 1 aromatic carbocycles. The lowest BCUT2D eigenvalue weighted by Crippen LogP contribution is -2.48. The first-order chi connectivity index (χ1) is 11.8. The first-order valence-corrected chi connectivity index (χ1v) is 10.8. The van der Waals surface area contributed by atoms with Crippen molar-refractivity contribution in [1.29, 1.82) is 0 Å². The third kappa shape index (κ3) is 6.58. The fraction of sp³-hybridized carbons (Fsp3) is 0.588. The summed E-state index contributed by atoms with van der Waals surface area (Å²) in [5, 5.41) is 3.55. The number of carbonyl (C=O) groups excluding carboxylic acids is 1. The number of amides is 1. The quantitative estimate of drug-likeness (QED) is 0.760. The van der Waals surface area contributed by atoms with Gasteiger partial charge < -0.3 is 10.2 Å². The fourth-order valence-electron chi connectivity index (χ4n) is 2.89. The largest absolute Gasteiger partial charge is 0.354 e. The zero-order valence-electron chi connectivity index (χ0n) is 14.7. The summed E-state index contributed by atoms with van der Waals surface area (Å²) in [5.41, 5.74) is 0.983. The van der Waals surface area contributed by atoms with Crippen LogP contribution in [-0.2, 0) is 14.6 Å². The Morgan fingerprint density at radius 2 is 1.88 bits per heavy atom. The van der Waals surface area contributed by atoms with E-state index in [0.29, 0.717) is 11.6 Å². The van der Waals surface area contributed by atoms with Crippen LogP contribution in [0.1, 0.15) is 18.0 Å². The lowest BCUT2D eigenvalue weighted by molar-refractivity contribution is -0.121. The number of benzene rings is 1. The molecular formula is C17H26ClN3O3S. The number of nitrogens with zero attached hydrogens (tertiary/aromatic N) is 2. The molecule has 0 radical (unpaired) electrons. The van der Waals surface area contributed by atoms with Crippen molar-refractivity contribution in [2.45, 2.75) is 12.5 Å². The molecule has 2 rings (SSSR count). The third-order valence-electron chi connectivity index (χ3n) is 4.44. The summed E-state index contributed by atoms with van der Waals surface area (Å²) in [6, 6.07) is 7.64. The van der Waals surface area contributed by atoms with E-state index in [1.54, 1.807) is 0 Å². The van der Waals surface area contributed by atoms with E-state index in [1.807, 2.05) is 24.3 Å². The molecule has 0 spiro atoms. The average Bonchev–Trinajstić information content (AvgIpc) is 2.55. The second-order valence-corrected chi connectivity index (χ2v) is 9.23. The van der Waals surface area contributed by atoms with Crippen molar-refractivity contribution < 1.29 is 13.2 Å². The Kier molecular flexibility index (Phi) is 7.25. The molecule has 1 aliphatic rings. The Hall–Kier alpha value is -1.15. The van der Waals surface area contributed by atoms with Gasteiger partial charge in [-0.05, 0) is 18.7 Å². The first-order valence-electron chi connectivity index (χ1n) is 8.38. The van der Waals surface area contributed by atoms with Gasteiger partial charge in [0, 0.05) is 50.4 Å². The summed E-state index contributed by atoms with van der Waals surface area (Å²) in [6.07, 6.45) is 1.12. The minimum atomic E-state index is -3.14. The first kappa shape index (κ1) is 20.2. The van der Waals surface area contributed by atoms with Gasteiger partial charge >= 0.3 is 0 Å². The van der Waals surface area contributed by atoms with Gasteiger partial charge in [-0.25, -0.2) is 8.42 Å². The predicted octanol–water partition coefficient (Wildman–Crippen LogP) is 1.18. The Morgan fingerprint density at radius 1 is 1.24 bits per heavy atom. The SMILES string of the molecule is CN1CCN(C(CNC(=O)CCS(C)(=O)=O)c2ccccc2Cl)CC1. The number of carbonyl (C=O) groups is 1.